The molecule has 0 saturated carbocycles. The van der Waals surface area contributed by atoms with Crippen molar-refractivity contribution < 1.29 is 9.53 Å². The van der Waals surface area contributed by atoms with E-state index in [0.717, 1.165) is 29.1 Å². The van der Waals surface area contributed by atoms with Crippen LogP contribution in [0.2, 0.25) is 0 Å². The van der Waals surface area contributed by atoms with Gasteiger partial charge in [-0.2, -0.15) is 0 Å². The van der Waals surface area contributed by atoms with Gasteiger partial charge in [0, 0.05) is 18.4 Å². The molecule has 1 aromatic heterocycles. The largest absolute Gasteiger partial charge is 0.486 e. The van der Waals surface area contributed by atoms with Gasteiger partial charge in [-0.05, 0) is 60.9 Å². The van der Waals surface area contributed by atoms with Gasteiger partial charge < -0.3 is 9.64 Å². The molecule has 0 aliphatic carbocycles. The third-order valence-corrected chi connectivity index (χ3v) is 6.36. The highest BCUT2D eigenvalue weighted by atomic mass is 32.2. The second kappa shape index (κ2) is 11.0. The Hall–Kier alpha value is -3.58. The van der Waals surface area contributed by atoms with E-state index in [9.17, 15) is 4.79 Å². The molecule has 34 heavy (non-hydrogen) atoms. The molecule has 0 atom stereocenters. The summed E-state index contributed by atoms with van der Waals surface area (Å²) in [7, 11) is 1.78. The van der Waals surface area contributed by atoms with Crippen LogP contribution in [-0.2, 0) is 17.8 Å². The zero-order valence-electron chi connectivity index (χ0n) is 19.6. The fourth-order valence-electron chi connectivity index (χ4n) is 3.60. The van der Waals surface area contributed by atoms with E-state index in [4.69, 9.17) is 4.74 Å². The zero-order chi connectivity index (χ0) is 23.9. The van der Waals surface area contributed by atoms with Gasteiger partial charge in [-0.3, -0.25) is 9.36 Å². The molecular formula is C27H28N4O2S. The molecule has 0 aliphatic heterocycles. The number of aryl methyl sites for hydroxylation is 2. The Balaban J connectivity index is 1.53. The van der Waals surface area contributed by atoms with E-state index in [1.54, 1.807) is 11.9 Å². The van der Waals surface area contributed by atoms with Gasteiger partial charge in [0.25, 0.3) is 0 Å². The number of rotatable bonds is 9. The lowest BCUT2D eigenvalue weighted by molar-refractivity contribution is -0.115. The summed E-state index contributed by atoms with van der Waals surface area (Å²) in [5.74, 6) is 1.73. The minimum atomic E-state index is -0.0107. The lowest BCUT2D eigenvalue weighted by atomic mass is 10.1. The topological polar surface area (TPSA) is 60.3 Å². The molecule has 7 heteroatoms. The molecule has 0 radical (unpaired) electrons. The lowest BCUT2D eigenvalue weighted by Crippen LogP contribution is -2.27. The van der Waals surface area contributed by atoms with Gasteiger partial charge in [-0.15, -0.1) is 10.2 Å². The van der Waals surface area contributed by atoms with Gasteiger partial charge in [0.15, 0.2) is 11.0 Å². The number of nitrogens with zero attached hydrogens (tertiary/aromatic N) is 4. The number of benzene rings is 3. The number of hydrogen-bond acceptors (Lipinski definition) is 5. The number of amides is 1. The van der Waals surface area contributed by atoms with Crippen molar-refractivity contribution in [3.8, 4) is 11.4 Å². The fraction of sp³-hybridized carbons (Fsp3) is 0.222. The van der Waals surface area contributed by atoms with Crippen molar-refractivity contribution in [2.75, 3.05) is 17.7 Å². The summed E-state index contributed by atoms with van der Waals surface area (Å²) in [5, 5.41) is 9.43. The Morgan fingerprint density at radius 3 is 2.41 bits per heavy atom. The maximum absolute atomic E-state index is 12.8. The quantitative estimate of drug-likeness (QED) is 0.302. The average Bonchev–Trinajstić information content (AvgIpc) is 3.29. The van der Waals surface area contributed by atoms with E-state index >= 15 is 0 Å². The van der Waals surface area contributed by atoms with Crippen LogP contribution in [0.4, 0.5) is 5.69 Å². The number of thioether (sulfide) groups is 1. The van der Waals surface area contributed by atoms with E-state index in [1.807, 2.05) is 71.3 Å². The number of carbonyl (C=O) groups is 1. The van der Waals surface area contributed by atoms with Crippen LogP contribution in [0.5, 0.6) is 5.75 Å². The first-order valence-corrected chi connectivity index (χ1v) is 12.2. The van der Waals surface area contributed by atoms with Gasteiger partial charge in [-0.25, -0.2) is 0 Å². The summed E-state index contributed by atoms with van der Waals surface area (Å²) < 4.78 is 8.06. The van der Waals surface area contributed by atoms with E-state index < -0.39 is 0 Å². The molecule has 0 spiro atoms. The van der Waals surface area contributed by atoms with Crippen molar-refractivity contribution in [3.63, 3.8) is 0 Å². The summed E-state index contributed by atoms with van der Waals surface area (Å²) in [6, 6.07) is 25.7. The molecule has 1 heterocycles. The highest BCUT2D eigenvalue weighted by molar-refractivity contribution is 7.99. The van der Waals surface area contributed by atoms with Crippen LogP contribution >= 0.6 is 11.8 Å². The highest BCUT2D eigenvalue weighted by Gasteiger charge is 2.18. The Morgan fingerprint density at radius 2 is 1.71 bits per heavy atom. The first-order valence-electron chi connectivity index (χ1n) is 11.2. The molecule has 0 saturated heterocycles. The minimum absolute atomic E-state index is 0.0107. The monoisotopic (exact) mass is 472 g/mol. The molecule has 4 rings (SSSR count). The zero-order valence-corrected chi connectivity index (χ0v) is 20.5. The number of hydrogen-bond donors (Lipinski definition) is 0. The van der Waals surface area contributed by atoms with Crippen LogP contribution in [0.25, 0.3) is 5.69 Å². The van der Waals surface area contributed by atoms with E-state index in [1.165, 1.54) is 17.3 Å². The molecule has 0 bridgehead atoms. The number of ether oxygens (including phenoxy) is 1. The Bertz CT molecular complexity index is 1240. The van der Waals surface area contributed by atoms with Crippen LogP contribution in [0, 0.1) is 6.92 Å². The van der Waals surface area contributed by atoms with Crippen molar-refractivity contribution in [2.45, 2.75) is 32.0 Å². The highest BCUT2D eigenvalue weighted by Crippen LogP contribution is 2.25. The predicted octanol–water partition coefficient (Wildman–Crippen LogP) is 5.47. The molecular weight excluding hydrogens is 444 g/mol. The van der Waals surface area contributed by atoms with E-state index in [0.29, 0.717) is 11.0 Å². The number of para-hydroxylation sites is 2. The lowest BCUT2D eigenvalue weighted by Gasteiger charge is -2.17. The van der Waals surface area contributed by atoms with Crippen molar-refractivity contribution in [1.82, 2.24) is 14.8 Å². The SMILES string of the molecule is CCc1cc(C)cc(OCc2nnc(SCC(=O)N(C)c3ccccc3)n2-c2ccccc2)c1. The van der Waals surface area contributed by atoms with Gasteiger partial charge in [-0.1, -0.05) is 61.2 Å². The Kier molecular flexibility index (Phi) is 7.65. The maximum atomic E-state index is 12.8. The molecule has 174 valence electrons. The standard InChI is InChI=1S/C27H28N4O2S/c1-4-21-15-20(2)16-24(17-21)33-18-25-28-29-27(31(25)23-13-9-6-10-14-23)34-19-26(32)30(3)22-11-7-5-8-12-22/h5-17H,4,18-19H2,1-3H3. The summed E-state index contributed by atoms with van der Waals surface area (Å²) in [6.07, 6.45) is 0.949. The second-order valence-electron chi connectivity index (χ2n) is 7.94. The summed E-state index contributed by atoms with van der Waals surface area (Å²) in [6.45, 7) is 4.47. The molecule has 0 unspecified atom stereocenters. The molecule has 0 aliphatic rings. The normalized spacial score (nSPS) is 10.8. The first kappa shape index (κ1) is 23.6. The molecule has 4 aromatic rings. The summed E-state index contributed by atoms with van der Waals surface area (Å²) in [4.78, 5) is 14.5. The second-order valence-corrected chi connectivity index (χ2v) is 8.89. The predicted molar refractivity (Wildman–Crippen MR) is 137 cm³/mol. The Morgan fingerprint density at radius 1 is 1.00 bits per heavy atom. The van der Waals surface area contributed by atoms with Gasteiger partial charge >= 0.3 is 0 Å². The molecule has 3 aromatic carbocycles. The third kappa shape index (κ3) is 5.66. The fourth-order valence-corrected chi connectivity index (χ4v) is 4.49. The van der Waals surface area contributed by atoms with Crippen LogP contribution in [0.3, 0.4) is 0 Å². The van der Waals surface area contributed by atoms with Gasteiger partial charge in [0.2, 0.25) is 5.91 Å². The molecule has 0 fully saturated rings. The third-order valence-electron chi connectivity index (χ3n) is 5.44. The van der Waals surface area contributed by atoms with Crippen LogP contribution in [0.15, 0.2) is 84.0 Å². The van der Waals surface area contributed by atoms with Crippen molar-refractivity contribution in [1.29, 1.82) is 0 Å². The van der Waals surface area contributed by atoms with Crippen molar-refractivity contribution >= 4 is 23.4 Å². The van der Waals surface area contributed by atoms with Crippen LogP contribution in [-0.4, -0.2) is 33.5 Å². The number of aromatic nitrogens is 3. The number of anilines is 1. The summed E-state index contributed by atoms with van der Waals surface area (Å²) in [5.41, 5.74) is 4.18. The van der Waals surface area contributed by atoms with Crippen molar-refractivity contribution in [3.05, 3.63) is 95.8 Å². The van der Waals surface area contributed by atoms with E-state index in [-0.39, 0.29) is 18.3 Å². The number of carbonyl (C=O) groups excluding carboxylic acids is 1. The van der Waals surface area contributed by atoms with Gasteiger partial charge in [0.05, 0.1) is 5.75 Å². The van der Waals surface area contributed by atoms with Crippen molar-refractivity contribution in [2.24, 2.45) is 0 Å². The minimum Gasteiger partial charge on any atom is -0.486 e. The van der Waals surface area contributed by atoms with Crippen LogP contribution < -0.4 is 9.64 Å². The van der Waals surface area contributed by atoms with Gasteiger partial charge in [0.1, 0.15) is 12.4 Å². The average molecular weight is 473 g/mol. The molecule has 1 amide bonds. The summed E-state index contributed by atoms with van der Waals surface area (Å²) >= 11 is 1.37. The molecule has 0 N–H and O–H groups in total. The smallest absolute Gasteiger partial charge is 0.237 e. The molecule has 6 nitrogen and oxygen atoms in total. The van der Waals surface area contributed by atoms with E-state index in [2.05, 4.69) is 36.2 Å². The first-order chi connectivity index (χ1) is 16.5. The maximum Gasteiger partial charge on any atom is 0.237 e. The Labute approximate surface area is 204 Å². The van der Waals surface area contributed by atoms with Crippen LogP contribution in [0.1, 0.15) is 23.9 Å².